The third-order valence-corrected chi connectivity index (χ3v) is 7.04. The lowest BCUT2D eigenvalue weighted by molar-refractivity contribution is 0.0321. The minimum Gasteiger partial charge on any atom is -0.492 e. The number of nitrogens with zero attached hydrogens (tertiary/aromatic N) is 2. The van der Waals surface area contributed by atoms with Gasteiger partial charge in [0.15, 0.2) is 0 Å². The summed E-state index contributed by atoms with van der Waals surface area (Å²) in [6.07, 6.45) is 1.97. The van der Waals surface area contributed by atoms with Crippen molar-refractivity contribution in [1.29, 1.82) is 0 Å². The molecule has 2 fully saturated rings. The maximum atomic E-state index is 6.01. The zero-order valence-electron chi connectivity index (χ0n) is 22.0. The van der Waals surface area contributed by atoms with Gasteiger partial charge in [0.05, 0.1) is 26.4 Å². The lowest BCUT2D eigenvalue weighted by Crippen LogP contribution is -2.38. The van der Waals surface area contributed by atoms with Gasteiger partial charge in [0.25, 0.3) is 0 Å². The maximum absolute atomic E-state index is 6.01. The Labute approximate surface area is 216 Å². The molecular weight excluding hydrogens is 452 g/mol. The van der Waals surface area contributed by atoms with E-state index in [0.29, 0.717) is 13.2 Å². The number of allylic oxidation sites excluding steroid dienone is 2. The maximum Gasteiger partial charge on any atom is 0.119 e. The van der Waals surface area contributed by atoms with Gasteiger partial charge in [-0.25, -0.2) is 0 Å². The van der Waals surface area contributed by atoms with E-state index < -0.39 is 0 Å². The normalized spacial score (nSPS) is 18.1. The van der Waals surface area contributed by atoms with Gasteiger partial charge in [0.2, 0.25) is 0 Å². The van der Waals surface area contributed by atoms with E-state index in [4.69, 9.17) is 18.9 Å². The molecule has 0 aliphatic carbocycles. The van der Waals surface area contributed by atoms with Crippen LogP contribution < -0.4 is 9.47 Å². The second-order valence-corrected chi connectivity index (χ2v) is 9.32. The van der Waals surface area contributed by atoms with Crippen LogP contribution in [-0.2, 0) is 9.47 Å². The van der Waals surface area contributed by atoms with Gasteiger partial charge >= 0.3 is 0 Å². The molecule has 0 radical (unpaired) electrons. The van der Waals surface area contributed by atoms with Crippen LogP contribution in [0.1, 0.15) is 37.8 Å². The second-order valence-electron chi connectivity index (χ2n) is 9.32. The van der Waals surface area contributed by atoms with Crippen molar-refractivity contribution in [3.63, 3.8) is 0 Å². The fourth-order valence-electron chi connectivity index (χ4n) is 4.92. The van der Waals surface area contributed by atoms with Crippen LogP contribution in [0.4, 0.5) is 0 Å². The first kappa shape index (κ1) is 26.7. The quantitative estimate of drug-likeness (QED) is 0.394. The summed E-state index contributed by atoms with van der Waals surface area (Å²) in [5.41, 5.74) is 5.30. The summed E-state index contributed by atoms with van der Waals surface area (Å²) in [6.45, 7) is 15.0. The van der Waals surface area contributed by atoms with Gasteiger partial charge in [-0.2, -0.15) is 0 Å². The van der Waals surface area contributed by atoms with Gasteiger partial charge in [-0.1, -0.05) is 38.1 Å². The average molecular weight is 495 g/mol. The topological polar surface area (TPSA) is 43.4 Å². The predicted octanol–water partition coefficient (Wildman–Crippen LogP) is 4.84. The zero-order chi connectivity index (χ0) is 25.0. The third kappa shape index (κ3) is 7.81. The van der Waals surface area contributed by atoms with Crippen LogP contribution in [0.25, 0.3) is 11.1 Å². The molecule has 6 heteroatoms. The number of hydrogen-bond acceptors (Lipinski definition) is 6. The van der Waals surface area contributed by atoms with Gasteiger partial charge in [-0.05, 0) is 59.4 Å². The van der Waals surface area contributed by atoms with Crippen molar-refractivity contribution in [3.8, 4) is 11.5 Å². The van der Waals surface area contributed by atoms with Crippen molar-refractivity contribution >= 4 is 11.1 Å². The summed E-state index contributed by atoms with van der Waals surface area (Å²) >= 11 is 0. The van der Waals surface area contributed by atoms with Crippen LogP contribution in [0.15, 0.2) is 48.5 Å². The number of benzene rings is 2. The van der Waals surface area contributed by atoms with E-state index in [1.165, 1.54) is 22.3 Å². The predicted molar refractivity (Wildman–Crippen MR) is 146 cm³/mol. The van der Waals surface area contributed by atoms with E-state index in [0.717, 1.165) is 90.0 Å². The van der Waals surface area contributed by atoms with Gasteiger partial charge in [-0.3, -0.25) is 9.80 Å². The molecule has 0 N–H and O–H groups in total. The molecule has 36 heavy (non-hydrogen) atoms. The Morgan fingerprint density at radius 1 is 0.611 bits per heavy atom. The molecule has 2 aromatic rings. The van der Waals surface area contributed by atoms with Gasteiger partial charge < -0.3 is 18.9 Å². The third-order valence-electron chi connectivity index (χ3n) is 7.04. The number of hydrogen-bond donors (Lipinski definition) is 0. The largest absolute Gasteiger partial charge is 0.492 e. The summed E-state index contributed by atoms with van der Waals surface area (Å²) in [5.74, 6) is 1.86. The van der Waals surface area contributed by atoms with Crippen LogP contribution in [0, 0.1) is 0 Å². The number of morpholine rings is 2. The number of rotatable bonds is 12. The molecule has 0 atom stereocenters. The molecule has 4 rings (SSSR count). The fourth-order valence-corrected chi connectivity index (χ4v) is 4.92. The zero-order valence-corrected chi connectivity index (χ0v) is 22.0. The molecule has 0 amide bonds. The Kier molecular flexibility index (Phi) is 10.7. The van der Waals surface area contributed by atoms with Gasteiger partial charge in [0, 0.05) is 39.3 Å². The first-order valence-corrected chi connectivity index (χ1v) is 13.6. The van der Waals surface area contributed by atoms with Crippen molar-refractivity contribution in [2.75, 3.05) is 78.9 Å². The molecule has 2 aliphatic heterocycles. The Hall–Kier alpha value is -2.38. The standard InChI is InChI=1S/C30H42N2O4/c1-3-29(25-5-9-27(10-6-25)35-23-17-31-13-19-33-20-14-31)30(4-2)26-7-11-28(12-8-26)36-24-18-32-15-21-34-22-16-32/h5-12H,3-4,13-24H2,1-2H3. The molecule has 0 aromatic heterocycles. The van der Waals surface area contributed by atoms with Crippen molar-refractivity contribution in [2.45, 2.75) is 26.7 Å². The highest BCUT2D eigenvalue weighted by atomic mass is 16.5. The van der Waals surface area contributed by atoms with E-state index in [2.05, 4.69) is 72.2 Å². The van der Waals surface area contributed by atoms with Crippen LogP contribution in [0.2, 0.25) is 0 Å². The summed E-state index contributed by atoms with van der Waals surface area (Å²) < 4.78 is 22.9. The minimum atomic E-state index is 0.705. The molecule has 0 unspecified atom stereocenters. The van der Waals surface area contributed by atoms with E-state index in [1.54, 1.807) is 0 Å². The first-order valence-electron chi connectivity index (χ1n) is 13.6. The lowest BCUT2D eigenvalue weighted by atomic mass is 9.91. The number of ether oxygens (including phenoxy) is 4. The Morgan fingerprint density at radius 3 is 1.31 bits per heavy atom. The van der Waals surface area contributed by atoms with Crippen molar-refractivity contribution in [2.24, 2.45) is 0 Å². The lowest BCUT2D eigenvalue weighted by Gasteiger charge is -2.26. The molecule has 2 aromatic carbocycles. The summed E-state index contributed by atoms with van der Waals surface area (Å²) in [7, 11) is 0. The summed E-state index contributed by atoms with van der Waals surface area (Å²) in [6, 6.07) is 17.2. The van der Waals surface area contributed by atoms with Gasteiger partial charge in [0.1, 0.15) is 24.7 Å². The summed E-state index contributed by atoms with van der Waals surface area (Å²) in [5, 5.41) is 0. The highest BCUT2D eigenvalue weighted by molar-refractivity contribution is 5.90. The monoisotopic (exact) mass is 494 g/mol. The smallest absolute Gasteiger partial charge is 0.119 e. The average Bonchev–Trinajstić information content (AvgIpc) is 2.94. The van der Waals surface area contributed by atoms with E-state index in [-0.39, 0.29) is 0 Å². The van der Waals surface area contributed by atoms with Crippen molar-refractivity contribution in [3.05, 3.63) is 59.7 Å². The van der Waals surface area contributed by atoms with Crippen LogP contribution >= 0.6 is 0 Å². The molecule has 6 nitrogen and oxygen atoms in total. The molecule has 0 spiro atoms. The van der Waals surface area contributed by atoms with Crippen molar-refractivity contribution < 1.29 is 18.9 Å². The Morgan fingerprint density at radius 2 is 0.972 bits per heavy atom. The van der Waals surface area contributed by atoms with Crippen molar-refractivity contribution in [1.82, 2.24) is 9.80 Å². The first-order chi connectivity index (χ1) is 17.8. The Balaban J connectivity index is 1.33. The molecule has 2 aliphatic rings. The molecule has 2 saturated heterocycles. The molecule has 0 bridgehead atoms. The van der Waals surface area contributed by atoms with Crippen LogP contribution in [-0.4, -0.2) is 88.7 Å². The molecule has 2 heterocycles. The highest BCUT2D eigenvalue weighted by Crippen LogP contribution is 2.33. The van der Waals surface area contributed by atoms with Crippen LogP contribution in [0.3, 0.4) is 0 Å². The molecule has 0 saturated carbocycles. The van der Waals surface area contributed by atoms with Crippen LogP contribution in [0.5, 0.6) is 11.5 Å². The van der Waals surface area contributed by atoms with E-state index in [9.17, 15) is 0 Å². The van der Waals surface area contributed by atoms with Gasteiger partial charge in [-0.15, -0.1) is 0 Å². The fraction of sp³-hybridized carbons (Fsp3) is 0.533. The highest BCUT2D eigenvalue weighted by Gasteiger charge is 2.12. The minimum absolute atomic E-state index is 0.705. The summed E-state index contributed by atoms with van der Waals surface area (Å²) in [4.78, 5) is 4.79. The molecular formula is C30H42N2O4. The SMILES string of the molecule is CCC(=C(CC)c1ccc(OCCN2CCOCC2)cc1)c1ccc(OCCN2CCOCC2)cc1. The second kappa shape index (κ2) is 14.4. The molecule has 196 valence electrons. The van der Waals surface area contributed by atoms with E-state index in [1.807, 2.05) is 0 Å². The Bertz CT molecular complexity index is 853. The van der Waals surface area contributed by atoms with E-state index >= 15 is 0 Å².